The summed E-state index contributed by atoms with van der Waals surface area (Å²) in [5.74, 6) is -0.319. The first kappa shape index (κ1) is 18.9. The van der Waals surface area contributed by atoms with Crippen molar-refractivity contribution in [1.29, 1.82) is 0 Å². The van der Waals surface area contributed by atoms with E-state index in [1.54, 1.807) is 18.2 Å². The third-order valence-corrected chi connectivity index (χ3v) is 4.88. The van der Waals surface area contributed by atoms with Crippen molar-refractivity contribution in [2.75, 3.05) is 38.5 Å². The van der Waals surface area contributed by atoms with Crippen LogP contribution in [0.25, 0.3) is 0 Å². The molecule has 3 N–H and O–H groups in total. The first-order valence-corrected chi connectivity index (χ1v) is 9.21. The molecule has 6 heteroatoms. The lowest BCUT2D eigenvalue weighted by Gasteiger charge is -2.34. The van der Waals surface area contributed by atoms with Crippen LogP contribution in [0.1, 0.15) is 21.5 Å². The molecule has 1 saturated heterocycles. The van der Waals surface area contributed by atoms with Crippen molar-refractivity contribution < 1.29 is 9.59 Å². The summed E-state index contributed by atoms with van der Waals surface area (Å²) in [6.07, 6.45) is 0. The highest BCUT2D eigenvalue weighted by Crippen LogP contribution is 2.12. The molecule has 1 fully saturated rings. The van der Waals surface area contributed by atoms with Gasteiger partial charge in [-0.3, -0.25) is 14.5 Å². The Bertz CT molecular complexity index is 799. The number of carbonyl (C=O) groups excluding carboxylic acids is 2. The molecule has 0 radical (unpaired) electrons. The fourth-order valence-electron chi connectivity index (χ4n) is 3.24. The van der Waals surface area contributed by atoms with E-state index < -0.39 is 0 Å². The van der Waals surface area contributed by atoms with Gasteiger partial charge in [-0.2, -0.15) is 0 Å². The summed E-state index contributed by atoms with van der Waals surface area (Å²) < 4.78 is 0. The largest absolute Gasteiger partial charge is 0.399 e. The molecular weight excluding hydrogens is 340 g/mol. The van der Waals surface area contributed by atoms with Gasteiger partial charge in [-0.05, 0) is 30.2 Å². The van der Waals surface area contributed by atoms with E-state index in [0.29, 0.717) is 24.3 Å². The molecule has 0 spiro atoms. The van der Waals surface area contributed by atoms with Crippen LogP contribution in [0.5, 0.6) is 0 Å². The van der Waals surface area contributed by atoms with Crippen molar-refractivity contribution in [3.05, 3.63) is 65.2 Å². The number of nitrogen functional groups attached to an aromatic ring is 1. The third kappa shape index (κ3) is 5.08. The van der Waals surface area contributed by atoms with Gasteiger partial charge in [0.25, 0.3) is 5.91 Å². The molecule has 0 aliphatic carbocycles. The van der Waals surface area contributed by atoms with E-state index in [2.05, 4.69) is 22.3 Å². The van der Waals surface area contributed by atoms with E-state index in [1.807, 2.05) is 30.0 Å². The number of piperazine rings is 1. The Morgan fingerprint density at radius 2 is 1.74 bits per heavy atom. The van der Waals surface area contributed by atoms with Crippen molar-refractivity contribution in [1.82, 2.24) is 15.1 Å². The van der Waals surface area contributed by atoms with Crippen LogP contribution in [0.15, 0.2) is 48.5 Å². The van der Waals surface area contributed by atoms with Gasteiger partial charge in [0.05, 0.1) is 6.54 Å². The number of rotatable bonds is 5. The molecule has 0 saturated carbocycles. The summed E-state index contributed by atoms with van der Waals surface area (Å²) in [6, 6.07) is 15.5. The number of aryl methyl sites for hydroxylation is 1. The number of carbonyl (C=O) groups is 2. The average molecular weight is 366 g/mol. The van der Waals surface area contributed by atoms with E-state index in [1.165, 1.54) is 5.56 Å². The highest BCUT2D eigenvalue weighted by Gasteiger charge is 2.21. The lowest BCUT2D eigenvalue weighted by Crippen LogP contribution is -2.50. The van der Waals surface area contributed by atoms with Gasteiger partial charge in [0.1, 0.15) is 0 Å². The summed E-state index contributed by atoms with van der Waals surface area (Å²) in [6.45, 7) is 5.78. The van der Waals surface area contributed by atoms with Crippen LogP contribution in [-0.2, 0) is 11.3 Å². The molecule has 142 valence electrons. The molecule has 0 atom stereocenters. The molecule has 2 aromatic rings. The fraction of sp³-hybridized carbons (Fsp3) is 0.333. The van der Waals surface area contributed by atoms with Gasteiger partial charge in [-0.1, -0.05) is 36.4 Å². The standard InChI is InChI=1S/C21H26N4O2/c1-16-7-8-18(22)13-19(16)21(27)23-14-20(26)25-11-9-24(10-12-25)15-17-5-3-2-4-6-17/h2-8,13H,9-12,14-15,22H2,1H3,(H,23,27). The number of hydrogen-bond donors (Lipinski definition) is 2. The van der Waals surface area contributed by atoms with Crippen molar-refractivity contribution >= 4 is 17.5 Å². The van der Waals surface area contributed by atoms with Crippen LogP contribution in [0.3, 0.4) is 0 Å². The monoisotopic (exact) mass is 366 g/mol. The number of nitrogens with one attached hydrogen (secondary N) is 1. The first-order chi connectivity index (χ1) is 13.0. The Morgan fingerprint density at radius 3 is 2.44 bits per heavy atom. The van der Waals surface area contributed by atoms with Crippen LogP contribution >= 0.6 is 0 Å². The van der Waals surface area contributed by atoms with Crippen molar-refractivity contribution in [2.24, 2.45) is 0 Å². The van der Waals surface area contributed by atoms with E-state index in [-0.39, 0.29) is 18.4 Å². The van der Waals surface area contributed by atoms with E-state index in [4.69, 9.17) is 5.73 Å². The molecule has 2 aromatic carbocycles. The highest BCUT2D eigenvalue weighted by molar-refractivity contribution is 5.98. The van der Waals surface area contributed by atoms with Crippen molar-refractivity contribution in [2.45, 2.75) is 13.5 Å². The molecule has 1 aliphatic heterocycles. The van der Waals surface area contributed by atoms with Crippen LogP contribution in [-0.4, -0.2) is 54.3 Å². The molecule has 0 bridgehead atoms. The Morgan fingerprint density at radius 1 is 1.04 bits per heavy atom. The molecule has 0 unspecified atom stereocenters. The first-order valence-electron chi connectivity index (χ1n) is 9.21. The van der Waals surface area contributed by atoms with Gasteiger partial charge in [-0.15, -0.1) is 0 Å². The van der Waals surface area contributed by atoms with Gasteiger partial charge >= 0.3 is 0 Å². The second-order valence-electron chi connectivity index (χ2n) is 6.90. The lowest BCUT2D eigenvalue weighted by atomic mass is 10.1. The highest BCUT2D eigenvalue weighted by atomic mass is 16.2. The Labute approximate surface area is 159 Å². The topological polar surface area (TPSA) is 78.7 Å². The zero-order valence-electron chi connectivity index (χ0n) is 15.6. The predicted octanol–water partition coefficient (Wildman–Crippen LogP) is 1.65. The quantitative estimate of drug-likeness (QED) is 0.789. The minimum absolute atomic E-state index is 0.00571. The summed E-state index contributed by atoms with van der Waals surface area (Å²) in [5.41, 5.74) is 8.91. The maximum absolute atomic E-state index is 12.4. The van der Waals surface area contributed by atoms with Gasteiger partial charge in [0, 0.05) is 44.0 Å². The second kappa shape index (κ2) is 8.68. The van der Waals surface area contributed by atoms with E-state index >= 15 is 0 Å². The number of benzene rings is 2. The van der Waals surface area contributed by atoms with Crippen molar-refractivity contribution in [3.63, 3.8) is 0 Å². The number of anilines is 1. The number of nitrogens with zero attached hydrogens (tertiary/aromatic N) is 2. The average Bonchev–Trinajstić information content (AvgIpc) is 2.69. The zero-order chi connectivity index (χ0) is 19.2. The second-order valence-corrected chi connectivity index (χ2v) is 6.90. The zero-order valence-corrected chi connectivity index (χ0v) is 15.6. The van der Waals surface area contributed by atoms with Gasteiger partial charge < -0.3 is 16.0 Å². The van der Waals surface area contributed by atoms with Gasteiger partial charge in [0.2, 0.25) is 5.91 Å². The summed E-state index contributed by atoms with van der Waals surface area (Å²) in [4.78, 5) is 28.9. The summed E-state index contributed by atoms with van der Waals surface area (Å²) in [5, 5.41) is 2.72. The third-order valence-electron chi connectivity index (χ3n) is 4.88. The molecule has 3 rings (SSSR count). The van der Waals surface area contributed by atoms with Crippen LogP contribution in [0, 0.1) is 6.92 Å². The minimum atomic E-state index is -0.268. The molecule has 6 nitrogen and oxygen atoms in total. The number of amides is 2. The van der Waals surface area contributed by atoms with Crippen LogP contribution in [0.4, 0.5) is 5.69 Å². The lowest BCUT2D eigenvalue weighted by molar-refractivity contribution is -0.131. The fourth-order valence-corrected chi connectivity index (χ4v) is 3.24. The molecule has 2 amide bonds. The molecule has 1 aliphatic rings. The van der Waals surface area contributed by atoms with Crippen molar-refractivity contribution in [3.8, 4) is 0 Å². The normalized spacial score (nSPS) is 14.8. The Hall–Kier alpha value is -2.86. The molecule has 27 heavy (non-hydrogen) atoms. The van der Waals surface area contributed by atoms with E-state index in [0.717, 1.165) is 25.2 Å². The van der Waals surface area contributed by atoms with Crippen LogP contribution < -0.4 is 11.1 Å². The van der Waals surface area contributed by atoms with Crippen LogP contribution in [0.2, 0.25) is 0 Å². The SMILES string of the molecule is Cc1ccc(N)cc1C(=O)NCC(=O)N1CCN(Cc2ccccc2)CC1. The van der Waals surface area contributed by atoms with E-state index in [9.17, 15) is 9.59 Å². The predicted molar refractivity (Wildman–Crippen MR) is 106 cm³/mol. The smallest absolute Gasteiger partial charge is 0.252 e. The minimum Gasteiger partial charge on any atom is -0.399 e. The maximum Gasteiger partial charge on any atom is 0.252 e. The molecule has 0 aromatic heterocycles. The summed E-state index contributed by atoms with van der Waals surface area (Å²) >= 11 is 0. The maximum atomic E-state index is 12.4. The summed E-state index contributed by atoms with van der Waals surface area (Å²) in [7, 11) is 0. The number of hydrogen-bond acceptors (Lipinski definition) is 4. The Kier molecular flexibility index (Phi) is 6.08. The number of nitrogens with two attached hydrogens (primary N) is 1. The van der Waals surface area contributed by atoms with Gasteiger partial charge in [0.15, 0.2) is 0 Å². The molecule has 1 heterocycles. The molecular formula is C21H26N4O2. The van der Waals surface area contributed by atoms with Gasteiger partial charge in [-0.25, -0.2) is 0 Å². The Balaban J connectivity index is 1.45.